The second-order valence-electron chi connectivity index (χ2n) is 7.84. The first-order chi connectivity index (χ1) is 12.9. The topological polar surface area (TPSA) is 62.3 Å². The van der Waals surface area contributed by atoms with E-state index in [2.05, 4.69) is 10.3 Å². The van der Waals surface area contributed by atoms with Crippen LogP contribution in [0.15, 0.2) is 18.2 Å². The summed E-state index contributed by atoms with van der Waals surface area (Å²) in [5, 5.41) is 4.29. The molecule has 5 nitrogen and oxygen atoms in total. The zero-order valence-electron chi connectivity index (χ0n) is 15.8. The van der Waals surface area contributed by atoms with Crippen LogP contribution in [0.5, 0.6) is 0 Å². The second kappa shape index (κ2) is 6.79. The van der Waals surface area contributed by atoms with E-state index in [-0.39, 0.29) is 18.5 Å². The van der Waals surface area contributed by atoms with Crippen LogP contribution in [0.2, 0.25) is 5.15 Å². The quantitative estimate of drug-likeness (QED) is 0.604. The van der Waals surface area contributed by atoms with Gasteiger partial charge in [0.15, 0.2) is 0 Å². The number of hydrogen-bond acceptors (Lipinski definition) is 3. The summed E-state index contributed by atoms with van der Waals surface area (Å²) in [6.07, 6.45) is 5.61. The molecule has 4 rings (SSSR count). The Balaban J connectivity index is 1.65. The number of aromatic nitrogens is 1. The van der Waals surface area contributed by atoms with Crippen molar-refractivity contribution in [3.05, 3.63) is 40.0 Å². The number of pyridine rings is 1. The molecular formula is C21H24ClN3O2. The second-order valence-corrected chi connectivity index (χ2v) is 8.19. The summed E-state index contributed by atoms with van der Waals surface area (Å²) in [6, 6.07) is 5.67. The van der Waals surface area contributed by atoms with Crippen LogP contribution < -0.4 is 5.32 Å². The van der Waals surface area contributed by atoms with E-state index in [0.29, 0.717) is 10.7 Å². The van der Waals surface area contributed by atoms with Gasteiger partial charge >= 0.3 is 6.03 Å². The van der Waals surface area contributed by atoms with Crippen LogP contribution in [0, 0.1) is 13.8 Å². The van der Waals surface area contributed by atoms with Gasteiger partial charge in [0.1, 0.15) is 10.7 Å². The number of nitrogens with zero attached hydrogens (tertiary/aromatic N) is 2. The molecule has 1 aromatic heterocycles. The summed E-state index contributed by atoms with van der Waals surface area (Å²) in [6.45, 7) is 4.22. The van der Waals surface area contributed by atoms with Gasteiger partial charge in [-0.1, -0.05) is 49.4 Å². The van der Waals surface area contributed by atoms with E-state index in [0.717, 1.165) is 60.6 Å². The highest BCUT2D eigenvalue weighted by molar-refractivity contribution is 6.30. The molecule has 1 saturated heterocycles. The third-order valence-electron chi connectivity index (χ3n) is 6.07. The first-order valence-electron chi connectivity index (χ1n) is 9.61. The molecule has 2 aliphatic rings. The number of aryl methyl sites for hydroxylation is 2. The van der Waals surface area contributed by atoms with Crippen molar-refractivity contribution in [1.29, 1.82) is 0 Å². The zero-order valence-corrected chi connectivity index (χ0v) is 16.5. The van der Waals surface area contributed by atoms with E-state index in [4.69, 9.17) is 11.6 Å². The molecule has 0 bridgehead atoms. The molecule has 2 heterocycles. The van der Waals surface area contributed by atoms with Crippen molar-refractivity contribution in [2.75, 3.05) is 0 Å². The van der Waals surface area contributed by atoms with Gasteiger partial charge in [0.25, 0.3) is 5.91 Å². The zero-order chi connectivity index (χ0) is 19.2. The average Bonchev–Trinajstić information content (AvgIpc) is 2.81. The summed E-state index contributed by atoms with van der Waals surface area (Å²) < 4.78 is 0. The van der Waals surface area contributed by atoms with E-state index in [1.807, 2.05) is 32.0 Å². The summed E-state index contributed by atoms with van der Waals surface area (Å²) in [4.78, 5) is 31.5. The van der Waals surface area contributed by atoms with Gasteiger partial charge in [-0.25, -0.2) is 9.78 Å². The summed E-state index contributed by atoms with van der Waals surface area (Å²) >= 11 is 6.42. The van der Waals surface area contributed by atoms with Gasteiger partial charge < -0.3 is 5.32 Å². The van der Waals surface area contributed by atoms with Gasteiger partial charge in [-0.3, -0.25) is 9.69 Å². The van der Waals surface area contributed by atoms with Crippen LogP contribution in [-0.4, -0.2) is 27.4 Å². The fourth-order valence-corrected chi connectivity index (χ4v) is 4.47. The number of carbonyl (C=O) groups is 2. The van der Waals surface area contributed by atoms with Crippen LogP contribution in [-0.2, 0) is 11.3 Å². The predicted molar refractivity (Wildman–Crippen MR) is 106 cm³/mol. The van der Waals surface area contributed by atoms with Gasteiger partial charge in [-0.05, 0) is 43.9 Å². The largest absolute Gasteiger partial charge is 0.325 e. The maximum absolute atomic E-state index is 13.1. The number of carbonyl (C=O) groups excluding carboxylic acids is 2. The van der Waals surface area contributed by atoms with Crippen molar-refractivity contribution in [3.8, 4) is 0 Å². The van der Waals surface area contributed by atoms with Gasteiger partial charge in [0.2, 0.25) is 0 Å². The third-order valence-corrected chi connectivity index (χ3v) is 6.40. The molecule has 6 heteroatoms. The number of imide groups is 1. The summed E-state index contributed by atoms with van der Waals surface area (Å²) in [5.74, 6) is -0.120. The molecule has 1 aliphatic heterocycles. The standard InChI is InChI=1S/C21H24ClN3O2/c1-13-7-8-15-11-16(18(22)23-17(15)14(13)2)12-25-19(26)21(24-20(25)27)9-5-3-4-6-10-21/h7-8,11H,3-6,9-10,12H2,1-2H3,(H,24,27). The van der Waals surface area contributed by atoms with E-state index >= 15 is 0 Å². The minimum Gasteiger partial charge on any atom is -0.323 e. The lowest BCUT2D eigenvalue weighted by atomic mass is 9.90. The van der Waals surface area contributed by atoms with Crippen molar-refractivity contribution in [1.82, 2.24) is 15.2 Å². The van der Waals surface area contributed by atoms with E-state index in [9.17, 15) is 9.59 Å². The van der Waals surface area contributed by atoms with Crippen molar-refractivity contribution >= 4 is 34.4 Å². The summed E-state index contributed by atoms with van der Waals surface area (Å²) in [5.41, 5.74) is 3.08. The number of halogens is 1. The van der Waals surface area contributed by atoms with Crippen molar-refractivity contribution in [2.45, 2.75) is 64.5 Å². The molecule has 142 valence electrons. The van der Waals surface area contributed by atoms with E-state index in [1.165, 1.54) is 4.90 Å². The van der Waals surface area contributed by atoms with Gasteiger partial charge in [-0.2, -0.15) is 0 Å². The molecule has 3 amide bonds. The average molecular weight is 386 g/mol. The molecule has 1 saturated carbocycles. The Morgan fingerprint density at radius 2 is 1.85 bits per heavy atom. The number of amides is 3. The van der Waals surface area contributed by atoms with Crippen LogP contribution in [0.3, 0.4) is 0 Å². The molecule has 0 atom stereocenters. The molecule has 1 N–H and O–H groups in total. The lowest BCUT2D eigenvalue weighted by Crippen LogP contribution is -2.46. The Morgan fingerprint density at radius 3 is 2.56 bits per heavy atom. The number of rotatable bonds is 2. The van der Waals surface area contributed by atoms with Crippen LogP contribution >= 0.6 is 11.6 Å². The molecule has 1 spiro atoms. The maximum atomic E-state index is 13.1. The highest BCUT2D eigenvalue weighted by Gasteiger charge is 2.50. The molecular weight excluding hydrogens is 362 g/mol. The minimum absolute atomic E-state index is 0.120. The Hall–Kier alpha value is -2.14. The van der Waals surface area contributed by atoms with Gasteiger partial charge in [-0.15, -0.1) is 0 Å². The number of fused-ring (bicyclic) bond motifs is 1. The van der Waals surface area contributed by atoms with Crippen molar-refractivity contribution in [2.24, 2.45) is 0 Å². The van der Waals surface area contributed by atoms with Gasteiger partial charge in [0, 0.05) is 10.9 Å². The smallest absolute Gasteiger partial charge is 0.323 e. The van der Waals surface area contributed by atoms with Crippen molar-refractivity contribution < 1.29 is 9.59 Å². The molecule has 2 aromatic rings. The molecule has 0 unspecified atom stereocenters. The monoisotopic (exact) mass is 385 g/mol. The Bertz CT molecular complexity index is 933. The SMILES string of the molecule is Cc1ccc2cc(CN3C(=O)NC4(CCCCCC4)C3=O)c(Cl)nc2c1C. The lowest BCUT2D eigenvalue weighted by Gasteiger charge is -2.24. The lowest BCUT2D eigenvalue weighted by molar-refractivity contribution is -0.132. The minimum atomic E-state index is -0.724. The van der Waals surface area contributed by atoms with Crippen LogP contribution in [0.4, 0.5) is 4.79 Å². The normalized spacial score (nSPS) is 19.6. The predicted octanol–water partition coefficient (Wildman–Crippen LogP) is 4.65. The van der Waals surface area contributed by atoms with Gasteiger partial charge in [0.05, 0.1) is 12.1 Å². The van der Waals surface area contributed by atoms with E-state index < -0.39 is 5.54 Å². The maximum Gasteiger partial charge on any atom is 0.325 e. The number of benzene rings is 1. The molecule has 0 radical (unpaired) electrons. The first-order valence-corrected chi connectivity index (χ1v) is 9.98. The highest BCUT2D eigenvalue weighted by atomic mass is 35.5. The molecule has 1 aliphatic carbocycles. The summed E-state index contributed by atoms with van der Waals surface area (Å²) in [7, 11) is 0. The van der Waals surface area contributed by atoms with Crippen LogP contribution in [0.1, 0.15) is 55.2 Å². The highest BCUT2D eigenvalue weighted by Crippen LogP contribution is 2.34. The Kier molecular flexibility index (Phi) is 4.58. The number of hydrogen-bond donors (Lipinski definition) is 1. The van der Waals surface area contributed by atoms with Crippen LogP contribution in [0.25, 0.3) is 10.9 Å². The number of nitrogens with one attached hydrogen (secondary N) is 1. The Morgan fingerprint density at radius 1 is 1.15 bits per heavy atom. The molecule has 1 aromatic carbocycles. The van der Waals surface area contributed by atoms with E-state index in [1.54, 1.807) is 0 Å². The molecule has 27 heavy (non-hydrogen) atoms. The number of urea groups is 1. The first kappa shape index (κ1) is 18.2. The van der Waals surface area contributed by atoms with Crippen molar-refractivity contribution in [3.63, 3.8) is 0 Å². The fourth-order valence-electron chi connectivity index (χ4n) is 4.28. The third kappa shape index (κ3) is 3.08. The Labute approximate surface area is 164 Å². The molecule has 2 fully saturated rings. The fraction of sp³-hybridized carbons (Fsp3) is 0.476.